The molecule has 0 bridgehead atoms. The van der Waals surface area contributed by atoms with E-state index in [4.69, 9.17) is 9.47 Å². The number of aryl methyl sites for hydroxylation is 1. The standard InChI is InChI=1S/C15H21N3O2/c1-4-18-8-7-17-15(18)11-20-14-9-13(19-3)6-5-12(14)10-16-2/h5-9,16H,4,10-11H2,1-3H3. The molecule has 0 amide bonds. The van der Waals surface area contributed by atoms with Crippen LogP contribution in [0.2, 0.25) is 0 Å². The van der Waals surface area contributed by atoms with Crippen LogP contribution in [0.5, 0.6) is 11.5 Å². The van der Waals surface area contributed by atoms with Gasteiger partial charge in [-0.2, -0.15) is 0 Å². The molecule has 108 valence electrons. The molecular formula is C15H21N3O2. The van der Waals surface area contributed by atoms with Gasteiger partial charge < -0.3 is 19.4 Å². The fourth-order valence-corrected chi connectivity index (χ4v) is 2.04. The summed E-state index contributed by atoms with van der Waals surface area (Å²) in [5.74, 6) is 2.54. The van der Waals surface area contributed by atoms with Crippen LogP contribution in [-0.2, 0) is 19.7 Å². The Balaban J connectivity index is 2.14. The van der Waals surface area contributed by atoms with E-state index in [0.717, 1.165) is 36.0 Å². The average Bonchev–Trinajstić information content (AvgIpc) is 2.94. The Bertz CT molecular complexity index is 552. The third-order valence-electron chi connectivity index (χ3n) is 3.14. The molecule has 20 heavy (non-hydrogen) atoms. The summed E-state index contributed by atoms with van der Waals surface area (Å²) < 4.78 is 13.2. The number of nitrogens with one attached hydrogen (secondary N) is 1. The van der Waals surface area contributed by atoms with Gasteiger partial charge in [-0.25, -0.2) is 4.98 Å². The minimum Gasteiger partial charge on any atom is -0.497 e. The van der Waals surface area contributed by atoms with Gasteiger partial charge in [0.2, 0.25) is 0 Å². The molecule has 2 aromatic rings. The molecule has 2 rings (SSSR count). The molecule has 1 aromatic heterocycles. The monoisotopic (exact) mass is 275 g/mol. The van der Waals surface area contributed by atoms with Gasteiger partial charge in [-0.1, -0.05) is 6.07 Å². The Morgan fingerprint density at radius 2 is 2.20 bits per heavy atom. The highest BCUT2D eigenvalue weighted by atomic mass is 16.5. The lowest BCUT2D eigenvalue weighted by Gasteiger charge is -2.13. The summed E-state index contributed by atoms with van der Waals surface area (Å²) in [5, 5.41) is 3.14. The van der Waals surface area contributed by atoms with Gasteiger partial charge in [0.1, 0.15) is 23.9 Å². The molecule has 0 saturated heterocycles. The summed E-state index contributed by atoms with van der Waals surface area (Å²) in [5.41, 5.74) is 1.10. The van der Waals surface area contributed by atoms with Gasteiger partial charge in [-0.15, -0.1) is 0 Å². The molecule has 0 aliphatic carbocycles. The highest BCUT2D eigenvalue weighted by Gasteiger charge is 2.08. The molecule has 1 aromatic carbocycles. The first-order valence-corrected chi connectivity index (χ1v) is 6.72. The fourth-order valence-electron chi connectivity index (χ4n) is 2.04. The maximum atomic E-state index is 5.92. The van der Waals surface area contributed by atoms with Crippen molar-refractivity contribution in [2.45, 2.75) is 26.6 Å². The topological polar surface area (TPSA) is 48.3 Å². The fraction of sp³-hybridized carbons (Fsp3) is 0.400. The second-order valence-corrected chi connectivity index (χ2v) is 4.42. The Labute approximate surface area is 119 Å². The summed E-state index contributed by atoms with van der Waals surface area (Å²) >= 11 is 0. The summed E-state index contributed by atoms with van der Waals surface area (Å²) in [6, 6.07) is 5.86. The Morgan fingerprint density at radius 3 is 2.90 bits per heavy atom. The van der Waals surface area contributed by atoms with E-state index >= 15 is 0 Å². The number of hydrogen-bond acceptors (Lipinski definition) is 4. The van der Waals surface area contributed by atoms with E-state index in [9.17, 15) is 0 Å². The van der Waals surface area contributed by atoms with E-state index in [1.165, 1.54) is 0 Å². The van der Waals surface area contributed by atoms with Crippen LogP contribution in [0.4, 0.5) is 0 Å². The van der Waals surface area contributed by atoms with Crippen LogP contribution in [0.15, 0.2) is 30.6 Å². The molecule has 0 aliphatic heterocycles. The molecule has 0 atom stereocenters. The van der Waals surface area contributed by atoms with Crippen molar-refractivity contribution < 1.29 is 9.47 Å². The minimum absolute atomic E-state index is 0.449. The molecule has 0 unspecified atom stereocenters. The van der Waals surface area contributed by atoms with Crippen molar-refractivity contribution in [3.8, 4) is 11.5 Å². The predicted molar refractivity (Wildman–Crippen MR) is 78.0 cm³/mol. The van der Waals surface area contributed by atoms with Crippen molar-refractivity contribution in [2.24, 2.45) is 0 Å². The molecule has 1 N–H and O–H groups in total. The summed E-state index contributed by atoms with van der Waals surface area (Å²) in [6.45, 7) is 4.18. The molecule has 0 fully saturated rings. The predicted octanol–water partition coefficient (Wildman–Crippen LogP) is 2.21. The quantitative estimate of drug-likeness (QED) is 0.841. The first kappa shape index (κ1) is 14.4. The second kappa shape index (κ2) is 6.96. The third kappa shape index (κ3) is 3.30. The zero-order chi connectivity index (χ0) is 14.4. The summed E-state index contributed by atoms with van der Waals surface area (Å²) in [6.07, 6.45) is 3.75. The first-order valence-electron chi connectivity index (χ1n) is 6.72. The number of ether oxygens (including phenoxy) is 2. The normalized spacial score (nSPS) is 10.6. The van der Waals surface area contributed by atoms with Crippen molar-refractivity contribution in [1.29, 1.82) is 0 Å². The molecule has 5 nitrogen and oxygen atoms in total. The molecule has 0 radical (unpaired) electrons. The van der Waals surface area contributed by atoms with Crippen LogP contribution in [0.1, 0.15) is 18.3 Å². The lowest BCUT2D eigenvalue weighted by atomic mass is 10.2. The van der Waals surface area contributed by atoms with E-state index in [2.05, 4.69) is 21.8 Å². The third-order valence-corrected chi connectivity index (χ3v) is 3.14. The second-order valence-electron chi connectivity index (χ2n) is 4.42. The van der Waals surface area contributed by atoms with Gasteiger partial charge in [0.05, 0.1) is 7.11 Å². The van der Waals surface area contributed by atoms with E-state index < -0.39 is 0 Å². The zero-order valence-electron chi connectivity index (χ0n) is 12.2. The summed E-state index contributed by atoms with van der Waals surface area (Å²) in [7, 11) is 3.57. The maximum Gasteiger partial charge on any atom is 0.146 e. The molecule has 0 spiro atoms. The van der Waals surface area contributed by atoms with Crippen LogP contribution in [-0.4, -0.2) is 23.7 Å². The Hall–Kier alpha value is -2.01. The average molecular weight is 275 g/mol. The van der Waals surface area contributed by atoms with Gasteiger partial charge >= 0.3 is 0 Å². The van der Waals surface area contributed by atoms with Crippen LogP contribution in [0.25, 0.3) is 0 Å². The van der Waals surface area contributed by atoms with Gasteiger partial charge in [0.15, 0.2) is 0 Å². The molecule has 1 heterocycles. The number of benzene rings is 1. The highest BCUT2D eigenvalue weighted by molar-refractivity contribution is 5.40. The largest absolute Gasteiger partial charge is 0.497 e. The Morgan fingerprint density at radius 1 is 1.35 bits per heavy atom. The maximum absolute atomic E-state index is 5.92. The number of hydrogen-bond donors (Lipinski definition) is 1. The molecular weight excluding hydrogens is 254 g/mol. The zero-order valence-corrected chi connectivity index (χ0v) is 12.2. The number of imidazole rings is 1. The van der Waals surface area contributed by atoms with Crippen LogP contribution < -0.4 is 14.8 Å². The SMILES string of the molecule is CCn1ccnc1COc1cc(OC)ccc1CNC. The van der Waals surface area contributed by atoms with E-state index in [1.54, 1.807) is 13.3 Å². The highest BCUT2D eigenvalue weighted by Crippen LogP contribution is 2.25. The molecule has 0 saturated carbocycles. The number of aromatic nitrogens is 2. The van der Waals surface area contributed by atoms with Crippen LogP contribution in [0, 0.1) is 0 Å². The minimum atomic E-state index is 0.449. The molecule has 5 heteroatoms. The number of methoxy groups -OCH3 is 1. The van der Waals surface area contributed by atoms with Crippen LogP contribution in [0.3, 0.4) is 0 Å². The van der Waals surface area contributed by atoms with E-state index in [-0.39, 0.29) is 0 Å². The van der Waals surface area contributed by atoms with Gasteiger partial charge in [-0.05, 0) is 20.0 Å². The van der Waals surface area contributed by atoms with Crippen molar-refractivity contribution in [2.75, 3.05) is 14.2 Å². The van der Waals surface area contributed by atoms with Crippen molar-refractivity contribution in [3.05, 3.63) is 42.0 Å². The van der Waals surface area contributed by atoms with Crippen molar-refractivity contribution in [3.63, 3.8) is 0 Å². The summed E-state index contributed by atoms with van der Waals surface area (Å²) in [4.78, 5) is 4.31. The van der Waals surface area contributed by atoms with Crippen molar-refractivity contribution in [1.82, 2.24) is 14.9 Å². The first-order chi connectivity index (χ1) is 9.78. The number of rotatable bonds is 7. The van der Waals surface area contributed by atoms with E-state index in [0.29, 0.717) is 6.61 Å². The lowest BCUT2D eigenvalue weighted by Crippen LogP contribution is -2.09. The Kier molecular flexibility index (Phi) is 5.01. The van der Waals surface area contributed by atoms with Gasteiger partial charge in [-0.3, -0.25) is 0 Å². The smallest absolute Gasteiger partial charge is 0.146 e. The lowest BCUT2D eigenvalue weighted by molar-refractivity contribution is 0.284. The van der Waals surface area contributed by atoms with Gasteiger partial charge in [0, 0.05) is 37.1 Å². The van der Waals surface area contributed by atoms with E-state index in [1.807, 2.05) is 31.4 Å². The number of nitrogens with zero attached hydrogens (tertiary/aromatic N) is 2. The molecule has 0 aliphatic rings. The van der Waals surface area contributed by atoms with Gasteiger partial charge in [0.25, 0.3) is 0 Å². The van der Waals surface area contributed by atoms with Crippen LogP contribution >= 0.6 is 0 Å². The van der Waals surface area contributed by atoms with Crippen molar-refractivity contribution >= 4 is 0 Å².